The summed E-state index contributed by atoms with van der Waals surface area (Å²) in [5.41, 5.74) is 0.563. The van der Waals surface area contributed by atoms with Gasteiger partial charge in [-0.2, -0.15) is 13.9 Å². The fourth-order valence-electron chi connectivity index (χ4n) is 2.83. The molecule has 1 aliphatic heterocycles. The lowest BCUT2D eigenvalue weighted by molar-refractivity contribution is 0.0541. The van der Waals surface area contributed by atoms with Crippen molar-refractivity contribution in [3.63, 3.8) is 0 Å². The van der Waals surface area contributed by atoms with Crippen molar-refractivity contribution in [2.45, 2.75) is 43.9 Å². The minimum absolute atomic E-state index is 0.00123. The molecule has 148 valence electrons. The van der Waals surface area contributed by atoms with Crippen molar-refractivity contribution in [3.8, 4) is 5.75 Å². The first-order valence-corrected chi connectivity index (χ1v) is 10.0. The van der Waals surface area contributed by atoms with E-state index in [2.05, 4.69) is 9.82 Å². The molecular weight excluding hydrogens is 380 g/mol. The van der Waals surface area contributed by atoms with Gasteiger partial charge in [0.25, 0.3) is 0 Å². The SMILES string of the molecule is Cc1c(S(=O)(=O)NCc2cccc(OC[C@@H]3CCCO3)c2)cnn1C(F)F. The van der Waals surface area contributed by atoms with E-state index >= 15 is 0 Å². The van der Waals surface area contributed by atoms with Gasteiger partial charge >= 0.3 is 6.55 Å². The van der Waals surface area contributed by atoms with Crippen LogP contribution in [0.25, 0.3) is 0 Å². The Hall–Kier alpha value is -2.04. The van der Waals surface area contributed by atoms with Crippen molar-refractivity contribution in [1.82, 2.24) is 14.5 Å². The summed E-state index contributed by atoms with van der Waals surface area (Å²) in [5, 5.41) is 3.43. The van der Waals surface area contributed by atoms with Crippen molar-refractivity contribution < 1.29 is 26.7 Å². The topological polar surface area (TPSA) is 82.5 Å². The first-order valence-electron chi connectivity index (χ1n) is 8.52. The molecule has 27 heavy (non-hydrogen) atoms. The Morgan fingerprint density at radius 2 is 2.26 bits per heavy atom. The summed E-state index contributed by atoms with van der Waals surface area (Å²) in [5.74, 6) is 0.615. The zero-order valence-corrected chi connectivity index (χ0v) is 15.6. The molecule has 1 aliphatic rings. The number of nitrogens with zero attached hydrogens (tertiary/aromatic N) is 2. The van der Waals surface area contributed by atoms with E-state index in [0.29, 0.717) is 22.6 Å². The summed E-state index contributed by atoms with van der Waals surface area (Å²) in [6, 6.07) is 7.02. The molecule has 0 aliphatic carbocycles. The number of ether oxygens (including phenoxy) is 2. The lowest BCUT2D eigenvalue weighted by atomic mass is 10.2. The van der Waals surface area contributed by atoms with Crippen LogP contribution in [0.3, 0.4) is 0 Å². The van der Waals surface area contributed by atoms with E-state index in [1.165, 1.54) is 6.92 Å². The fourth-order valence-corrected chi connectivity index (χ4v) is 4.01. The molecule has 3 rings (SSSR count). The van der Waals surface area contributed by atoms with Gasteiger partial charge in [0.15, 0.2) is 0 Å². The molecule has 1 fully saturated rings. The maximum absolute atomic E-state index is 12.8. The maximum Gasteiger partial charge on any atom is 0.333 e. The predicted molar refractivity (Wildman–Crippen MR) is 93.2 cm³/mol. The van der Waals surface area contributed by atoms with E-state index in [4.69, 9.17) is 9.47 Å². The molecule has 0 amide bonds. The van der Waals surface area contributed by atoms with Crippen LogP contribution >= 0.6 is 0 Å². The van der Waals surface area contributed by atoms with Crippen molar-refractivity contribution in [3.05, 3.63) is 41.7 Å². The average Bonchev–Trinajstić information content (AvgIpc) is 3.28. The molecule has 0 unspecified atom stereocenters. The third kappa shape index (κ3) is 4.82. The Morgan fingerprint density at radius 3 is 2.93 bits per heavy atom. The molecule has 1 atom stereocenters. The molecular formula is C17H21F2N3O4S. The van der Waals surface area contributed by atoms with E-state index in [9.17, 15) is 17.2 Å². The van der Waals surface area contributed by atoms with Crippen LogP contribution in [0.4, 0.5) is 8.78 Å². The van der Waals surface area contributed by atoms with Gasteiger partial charge in [-0.25, -0.2) is 17.8 Å². The molecule has 0 bridgehead atoms. The molecule has 0 radical (unpaired) electrons. The minimum Gasteiger partial charge on any atom is -0.491 e. The molecule has 1 aromatic heterocycles. The average molecular weight is 401 g/mol. The third-order valence-electron chi connectivity index (χ3n) is 4.30. The largest absolute Gasteiger partial charge is 0.491 e. The number of nitrogens with one attached hydrogen (secondary N) is 1. The van der Waals surface area contributed by atoms with Crippen LogP contribution in [0, 0.1) is 6.92 Å². The smallest absolute Gasteiger partial charge is 0.333 e. The summed E-state index contributed by atoms with van der Waals surface area (Å²) >= 11 is 0. The molecule has 2 aromatic rings. The second kappa shape index (κ2) is 8.32. The first kappa shape index (κ1) is 19.7. The zero-order chi connectivity index (χ0) is 19.4. The van der Waals surface area contributed by atoms with E-state index in [1.807, 2.05) is 0 Å². The Bertz CT molecular complexity index is 880. The Morgan fingerprint density at radius 1 is 1.44 bits per heavy atom. The number of sulfonamides is 1. The summed E-state index contributed by atoms with van der Waals surface area (Å²) in [7, 11) is -3.97. The predicted octanol–water partition coefficient (Wildman–Crippen LogP) is 2.62. The van der Waals surface area contributed by atoms with Crippen LogP contribution < -0.4 is 9.46 Å². The first-order chi connectivity index (χ1) is 12.9. The van der Waals surface area contributed by atoms with Crippen molar-refractivity contribution in [1.29, 1.82) is 0 Å². The van der Waals surface area contributed by atoms with Crippen molar-refractivity contribution in [2.75, 3.05) is 13.2 Å². The van der Waals surface area contributed by atoms with Crippen molar-refractivity contribution in [2.24, 2.45) is 0 Å². The fraction of sp³-hybridized carbons (Fsp3) is 0.471. The van der Waals surface area contributed by atoms with Gasteiger partial charge in [0.05, 0.1) is 18.0 Å². The molecule has 7 nitrogen and oxygen atoms in total. The van der Waals surface area contributed by atoms with Gasteiger partial charge in [-0.05, 0) is 37.5 Å². The maximum atomic E-state index is 12.8. The summed E-state index contributed by atoms with van der Waals surface area (Å²) in [6.07, 6.45) is 2.99. The molecule has 0 saturated carbocycles. The number of hydrogen-bond acceptors (Lipinski definition) is 5. The van der Waals surface area contributed by atoms with Crippen molar-refractivity contribution >= 4 is 10.0 Å². The van der Waals surface area contributed by atoms with Gasteiger partial charge in [0.2, 0.25) is 10.0 Å². The van der Waals surface area contributed by atoms with E-state index in [0.717, 1.165) is 25.6 Å². The lowest BCUT2D eigenvalue weighted by Crippen LogP contribution is -2.24. The molecule has 2 heterocycles. The molecule has 1 aromatic carbocycles. The summed E-state index contributed by atoms with van der Waals surface area (Å²) in [4.78, 5) is -0.270. The minimum atomic E-state index is -3.97. The number of hydrogen-bond donors (Lipinski definition) is 1. The van der Waals surface area contributed by atoms with Crippen LogP contribution in [0.15, 0.2) is 35.4 Å². The van der Waals surface area contributed by atoms with Gasteiger partial charge in [-0.1, -0.05) is 12.1 Å². The number of rotatable bonds is 8. The van der Waals surface area contributed by atoms with Gasteiger partial charge in [-0.15, -0.1) is 0 Å². The lowest BCUT2D eigenvalue weighted by Gasteiger charge is -2.12. The van der Waals surface area contributed by atoms with E-state index < -0.39 is 16.6 Å². The molecule has 1 saturated heterocycles. The highest BCUT2D eigenvalue weighted by molar-refractivity contribution is 7.89. The van der Waals surface area contributed by atoms with Gasteiger partial charge in [0, 0.05) is 13.2 Å². The van der Waals surface area contributed by atoms with Crippen LogP contribution in [0.2, 0.25) is 0 Å². The van der Waals surface area contributed by atoms with Gasteiger partial charge in [-0.3, -0.25) is 0 Å². The quantitative estimate of drug-likeness (QED) is 0.735. The number of alkyl halides is 2. The summed E-state index contributed by atoms with van der Waals surface area (Å²) < 4.78 is 64.3. The third-order valence-corrected chi connectivity index (χ3v) is 5.80. The summed E-state index contributed by atoms with van der Waals surface area (Å²) in [6.45, 7) is -0.420. The van der Waals surface area contributed by atoms with Gasteiger partial charge < -0.3 is 9.47 Å². The number of benzene rings is 1. The highest BCUT2D eigenvalue weighted by Gasteiger charge is 2.23. The normalized spacial score (nSPS) is 17.6. The molecule has 10 heteroatoms. The van der Waals surface area contributed by atoms with Crippen LogP contribution in [-0.2, 0) is 21.3 Å². The van der Waals surface area contributed by atoms with Crippen LogP contribution in [0.1, 0.15) is 30.6 Å². The van der Waals surface area contributed by atoms with E-state index in [1.54, 1.807) is 24.3 Å². The highest BCUT2D eigenvalue weighted by Crippen LogP contribution is 2.21. The van der Waals surface area contributed by atoms with E-state index in [-0.39, 0.29) is 23.2 Å². The molecule has 1 N–H and O–H groups in total. The Kier molecular flexibility index (Phi) is 6.08. The zero-order valence-electron chi connectivity index (χ0n) is 14.8. The highest BCUT2D eigenvalue weighted by atomic mass is 32.2. The van der Waals surface area contributed by atoms with Crippen LogP contribution in [-0.4, -0.2) is 37.5 Å². The second-order valence-electron chi connectivity index (χ2n) is 6.23. The standard InChI is InChI=1S/C17H21F2N3O4S/c1-12-16(10-20-22(12)17(18)19)27(23,24)21-9-13-4-2-5-14(8-13)26-11-15-6-3-7-25-15/h2,4-5,8,10,15,17,21H,3,6-7,9,11H2,1H3/t15-/m0/s1. The van der Waals surface area contributed by atoms with Crippen LogP contribution in [0.5, 0.6) is 5.75 Å². The Balaban J connectivity index is 1.62. The second-order valence-corrected chi connectivity index (χ2v) is 7.97. The number of halogens is 2. The monoisotopic (exact) mass is 401 g/mol. The molecule has 0 spiro atoms. The number of aromatic nitrogens is 2. The van der Waals surface area contributed by atoms with Gasteiger partial charge in [0.1, 0.15) is 17.3 Å². The Labute approximate surface area is 156 Å².